The van der Waals surface area contributed by atoms with Gasteiger partial charge in [0.15, 0.2) is 5.75 Å². The van der Waals surface area contributed by atoms with Crippen molar-refractivity contribution in [3.63, 3.8) is 0 Å². The predicted molar refractivity (Wildman–Crippen MR) is 98.1 cm³/mol. The van der Waals surface area contributed by atoms with Crippen LogP contribution in [0.2, 0.25) is 5.02 Å². The average molecular weight is 414 g/mol. The molecule has 0 unspecified atom stereocenters. The molecule has 0 saturated carbocycles. The molecule has 0 aromatic heterocycles. The number of carboxylic acid groups (broad SMARTS) is 1. The maximum absolute atomic E-state index is 12.5. The molecule has 0 atom stereocenters. The molecule has 0 radical (unpaired) electrons. The third-order valence-electron chi connectivity index (χ3n) is 3.21. The number of hydrogen-bond donors (Lipinski definition) is 2. The minimum atomic E-state index is -4.28. The molecule has 27 heavy (non-hydrogen) atoms. The molecular formula is C17H16ClNO7S. The third kappa shape index (κ3) is 5.11. The highest BCUT2D eigenvalue weighted by Gasteiger charge is 2.23. The third-order valence-corrected chi connectivity index (χ3v) is 4.73. The van der Waals surface area contributed by atoms with Crippen LogP contribution in [0.5, 0.6) is 11.5 Å². The Labute approximate surface area is 160 Å². The fourth-order valence-electron chi connectivity index (χ4n) is 2.10. The fraction of sp³-hybridized carbons (Fsp3) is 0.176. The van der Waals surface area contributed by atoms with E-state index in [0.29, 0.717) is 5.69 Å². The average Bonchev–Trinajstić information content (AvgIpc) is 2.57. The van der Waals surface area contributed by atoms with Crippen LogP contribution in [0.1, 0.15) is 24.2 Å². The van der Waals surface area contributed by atoms with Crippen LogP contribution in [0.15, 0.2) is 41.3 Å². The molecule has 0 saturated heterocycles. The number of nitrogens with one attached hydrogen (secondary N) is 1. The Morgan fingerprint density at radius 2 is 1.81 bits per heavy atom. The van der Waals surface area contributed by atoms with E-state index in [1.54, 1.807) is 6.92 Å². The van der Waals surface area contributed by atoms with Gasteiger partial charge in [-0.15, -0.1) is 0 Å². The van der Waals surface area contributed by atoms with Crippen molar-refractivity contribution in [2.24, 2.45) is 0 Å². The van der Waals surface area contributed by atoms with Crippen molar-refractivity contribution in [2.75, 3.05) is 11.9 Å². The summed E-state index contributed by atoms with van der Waals surface area (Å²) < 4.78 is 35.4. The molecule has 10 heteroatoms. The van der Waals surface area contributed by atoms with Crippen LogP contribution < -0.4 is 14.2 Å². The van der Waals surface area contributed by atoms with Crippen molar-refractivity contribution in [1.82, 2.24) is 0 Å². The van der Waals surface area contributed by atoms with Crippen molar-refractivity contribution in [1.29, 1.82) is 0 Å². The number of amides is 1. The molecule has 0 aliphatic carbocycles. The Bertz CT molecular complexity index is 972. The Morgan fingerprint density at radius 1 is 1.19 bits per heavy atom. The number of halogens is 1. The smallest absolute Gasteiger partial charge is 0.339 e. The summed E-state index contributed by atoms with van der Waals surface area (Å²) in [7, 11) is -4.28. The van der Waals surface area contributed by atoms with Crippen LogP contribution in [0.4, 0.5) is 5.69 Å². The summed E-state index contributed by atoms with van der Waals surface area (Å²) in [6.45, 7) is 3.10. The van der Waals surface area contributed by atoms with Crippen molar-refractivity contribution < 1.29 is 32.0 Å². The van der Waals surface area contributed by atoms with Gasteiger partial charge in [0.1, 0.15) is 4.90 Å². The minimum Gasteiger partial charge on any atom is -0.490 e. The summed E-state index contributed by atoms with van der Waals surface area (Å²) in [5, 5.41) is 11.4. The van der Waals surface area contributed by atoms with Crippen LogP contribution in [0.3, 0.4) is 0 Å². The van der Waals surface area contributed by atoms with Crippen LogP contribution in [0.25, 0.3) is 0 Å². The minimum absolute atomic E-state index is 0.110. The molecule has 1 amide bonds. The van der Waals surface area contributed by atoms with Gasteiger partial charge in [0, 0.05) is 12.6 Å². The summed E-state index contributed by atoms with van der Waals surface area (Å²) in [6.07, 6.45) is 0. The zero-order chi connectivity index (χ0) is 20.2. The van der Waals surface area contributed by atoms with Gasteiger partial charge >= 0.3 is 16.1 Å². The van der Waals surface area contributed by atoms with Gasteiger partial charge in [-0.05, 0) is 43.3 Å². The molecular weight excluding hydrogens is 398 g/mol. The first-order valence-electron chi connectivity index (χ1n) is 7.66. The first-order chi connectivity index (χ1) is 12.6. The van der Waals surface area contributed by atoms with Crippen molar-refractivity contribution >= 4 is 39.3 Å². The standard InChI is InChI=1S/C17H16ClNO7S/c1-3-25-15-9-11(17(21)22)8-14(18)16(15)26-27(23,24)13-6-4-12(5-7-13)19-10(2)20/h4-9H,3H2,1-2H3,(H,19,20)(H,21,22). The van der Waals surface area contributed by atoms with Gasteiger partial charge in [0.05, 0.1) is 17.2 Å². The summed E-state index contributed by atoms with van der Waals surface area (Å²) in [5.41, 5.74) is 0.244. The molecule has 2 rings (SSSR count). The van der Waals surface area contributed by atoms with E-state index in [2.05, 4.69) is 5.32 Å². The maximum Gasteiger partial charge on any atom is 0.339 e. The van der Waals surface area contributed by atoms with Crippen molar-refractivity contribution in [3.05, 3.63) is 47.0 Å². The number of carbonyl (C=O) groups excluding carboxylic acids is 1. The van der Waals surface area contributed by atoms with Gasteiger partial charge in [-0.3, -0.25) is 4.79 Å². The quantitative estimate of drug-likeness (QED) is 0.669. The molecule has 0 spiro atoms. The normalized spacial score (nSPS) is 10.9. The summed E-state index contributed by atoms with van der Waals surface area (Å²) in [6, 6.07) is 7.49. The number of hydrogen-bond acceptors (Lipinski definition) is 6. The van der Waals surface area contributed by atoms with E-state index in [1.165, 1.54) is 31.2 Å². The van der Waals surface area contributed by atoms with Crippen LogP contribution >= 0.6 is 11.6 Å². The summed E-state index contributed by atoms with van der Waals surface area (Å²) in [4.78, 5) is 22.0. The molecule has 2 aromatic rings. The second kappa shape index (κ2) is 8.28. The van der Waals surface area contributed by atoms with E-state index in [0.717, 1.165) is 12.1 Å². The van der Waals surface area contributed by atoms with Crippen molar-refractivity contribution in [3.8, 4) is 11.5 Å². The first kappa shape index (κ1) is 20.5. The van der Waals surface area contributed by atoms with E-state index in [1.807, 2.05) is 0 Å². The number of carboxylic acids is 1. The molecule has 8 nitrogen and oxygen atoms in total. The van der Waals surface area contributed by atoms with Crippen molar-refractivity contribution in [2.45, 2.75) is 18.7 Å². The fourth-order valence-corrected chi connectivity index (χ4v) is 3.35. The summed E-state index contributed by atoms with van der Waals surface area (Å²) >= 11 is 6.01. The molecule has 0 aliphatic rings. The highest BCUT2D eigenvalue weighted by atomic mass is 35.5. The number of ether oxygens (including phenoxy) is 1. The zero-order valence-electron chi connectivity index (χ0n) is 14.4. The van der Waals surface area contributed by atoms with Crippen LogP contribution in [0, 0.1) is 0 Å². The van der Waals surface area contributed by atoms with Gasteiger partial charge in [0.2, 0.25) is 11.7 Å². The van der Waals surface area contributed by atoms with E-state index in [-0.39, 0.29) is 39.5 Å². The Balaban J connectivity index is 2.39. The van der Waals surface area contributed by atoms with E-state index in [4.69, 9.17) is 25.6 Å². The number of anilines is 1. The topological polar surface area (TPSA) is 119 Å². The van der Waals surface area contributed by atoms with Gasteiger partial charge in [-0.2, -0.15) is 8.42 Å². The first-order valence-corrected chi connectivity index (χ1v) is 9.44. The van der Waals surface area contributed by atoms with Gasteiger partial charge in [0.25, 0.3) is 0 Å². The SMILES string of the molecule is CCOc1cc(C(=O)O)cc(Cl)c1OS(=O)(=O)c1ccc(NC(C)=O)cc1. The molecule has 144 valence electrons. The highest BCUT2D eigenvalue weighted by molar-refractivity contribution is 7.87. The zero-order valence-corrected chi connectivity index (χ0v) is 15.9. The Morgan fingerprint density at radius 3 is 2.33 bits per heavy atom. The van der Waals surface area contributed by atoms with Crippen LogP contribution in [-0.4, -0.2) is 32.0 Å². The molecule has 2 N–H and O–H groups in total. The lowest BCUT2D eigenvalue weighted by Crippen LogP contribution is -2.12. The van der Waals surface area contributed by atoms with E-state index >= 15 is 0 Å². The molecule has 0 fully saturated rings. The lowest BCUT2D eigenvalue weighted by Gasteiger charge is -2.14. The Hall–Kier alpha value is -2.78. The number of benzene rings is 2. The Kier molecular flexibility index (Phi) is 6.29. The lowest BCUT2D eigenvalue weighted by molar-refractivity contribution is -0.114. The number of carbonyl (C=O) groups is 2. The molecule has 0 aliphatic heterocycles. The molecule has 0 heterocycles. The molecule has 2 aromatic carbocycles. The number of rotatable bonds is 7. The summed E-state index contributed by atoms with van der Waals surface area (Å²) in [5.74, 6) is -1.97. The van der Waals surface area contributed by atoms with Gasteiger partial charge in [-0.25, -0.2) is 4.79 Å². The predicted octanol–water partition coefficient (Wildman–Crippen LogP) is 3.16. The highest BCUT2D eigenvalue weighted by Crippen LogP contribution is 2.38. The van der Waals surface area contributed by atoms with Gasteiger partial charge < -0.3 is 19.3 Å². The molecule has 0 bridgehead atoms. The number of aromatic carboxylic acids is 1. The van der Waals surface area contributed by atoms with E-state index < -0.39 is 16.1 Å². The lowest BCUT2D eigenvalue weighted by atomic mass is 10.2. The monoisotopic (exact) mass is 413 g/mol. The largest absolute Gasteiger partial charge is 0.490 e. The van der Waals surface area contributed by atoms with Crippen LogP contribution in [-0.2, 0) is 14.9 Å². The second-order valence-electron chi connectivity index (χ2n) is 5.27. The van der Waals surface area contributed by atoms with Gasteiger partial charge in [-0.1, -0.05) is 11.6 Å². The van der Waals surface area contributed by atoms with E-state index in [9.17, 15) is 18.0 Å². The second-order valence-corrected chi connectivity index (χ2v) is 7.22. The maximum atomic E-state index is 12.5.